The van der Waals surface area contributed by atoms with Gasteiger partial charge in [0.1, 0.15) is 5.75 Å². The summed E-state index contributed by atoms with van der Waals surface area (Å²) >= 11 is 0. The number of methoxy groups -OCH3 is 1. The van der Waals surface area contributed by atoms with Crippen LogP contribution in [0.25, 0.3) is 6.08 Å². The molecular weight excluding hydrogens is 390 g/mol. The molecule has 8 heteroatoms. The Kier molecular flexibility index (Phi) is 6.22. The van der Waals surface area contributed by atoms with Crippen LogP contribution in [0.1, 0.15) is 28.8 Å². The highest BCUT2D eigenvalue weighted by molar-refractivity contribution is 7.93. The maximum atomic E-state index is 12.1. The third kappa shape index (κ3) is 4.76. The SMILES string of the molecule is COc1c(C)cnc(CNC(=O)/C=C/c2ccc(N3CCCS3(=O)=O)cc2)c1C. The maximum absolute atomic E-state index is 12.1. The minimum Gasteiger partial charge on any atom is -0.496 e. The van der Waals surface area contributed by atoms with Crippen molar-refractivity contribution in [2.45, 2.75) is 26.8 Å². The van der Waals surface area contributed by atoms with E-state index in [-0.39, 0.29) is 11.7 Å². The van der Waals surface area contributed by atoms with Crippen LogP contribution in [0.15, 0.2) is 36.5 Å². The number of benzene rings is 1. The van der Waals surface area contributed by atoms with Gasteiger partial charge in [0, 0.05) is 29.9 Å². The highest BCUT2D eigenvalue weighted by Gasteiger charge is 2.28. The Labute approximate surface area is 171 Å². The summed E-state index contributed by atoms with van der Waals surface area (Å²) in [6, 6.07) is 7.10. The average molecular weight is 416 g/mol. The zero-order valence-corrected chi connectivity index (χ0v) is 17.6. The van der Waals surface area contributed by atoms with Crippen LogP contribution in [0.4, 0.5) is 5.69 Å². The second kappa shape index (κ2) is 8.65. The number of rotatable bonds is 6. The number of aryl methyl sites for hydroxylation is 1. The van der Waals surface area contributed by atoms with E-state index in [1.165, 1.54) is 10.4 Å². The van der Waals surface area contributed by atoms with Gasteiger partial charge in [-0.2, -0.15) is 0 Å². The molecule has 2 aromatic rings. The van der Waals surface area contributed by atoms with Gasteiger partial charge in [0.05, 0.1) is 30.8 Å². The highest BCUT2D eigenvalue weighted by atomic mass is 32.2. The van der Waals surface area contributed by atoms with Crippen molar-refractivity contribution in [1.29, 1.82) is 0 Å². The second-order valence-corrected chi connectivity index (χ2v) is 8.94. The zero-order chi connectivity index (χ0) is 21.0. The lowest BCUT2D eigenvalue weighted by atomic mass is 10.1. The van der Waals surface area contributed by atoms with Gasteiger partial charge >= 0.3 is 0 Å². The molecule has 1 fully saturated rings. The summed E-state index contributed by atoms with van der Waals surface area (Å²) in [6.45, 7) is 4.65. The van der Waals surface area contributed by atoms with Crippen LogP contribution in [-0.4, -0.2) is 38.7 Å². The van der Waals surface area contributed by atoms with E-state index in [0.717, 1.165) is 28.1 Å². The Morgan fingerprint density at radius 2 is 2.00 bits per heavy atom. The number of pyridine rings is 1. The molecule has 0 aliphatic carbocycles. The summed E-state index contributed by atoms with van der Waals surface area (Å²) in [6.07, 6.45) is 5.51. The smallest absolute Gasteiger partial charge is 0.244 e. The van der Waals surface area contributed by atoms with Crippen LogP contribution in [0.2, 0.25) is 0 Å². The van der Waals surface area contributed by atoms with Crippen molar-refractivity contribution < 1.29 is 17.9 Å². The number of ether oxygens (including phenoxy) is 1. The molecule has 0 spiro atoms. The number of nitrogens with one attached hydrogen (secondary N) is 1. The first-order valence-corrected chi connectivity index (χ1v) is 11.0. The number of sulfonamides is 1. The number of hydrogen-bond acceptors (Lipinski definition) is 5. The summed E-state index contributed by atoms with van der Waals surface area (Å²) in [7, 11) is -1.57. The molecule has 29 heavy (non-hydrogen) atoms. The Hall–Kier alpha value is -2.87. The fourth-order valence-corrected chi connectivity index (χ4v) is 4.90. The Balaban J connectivity index is 1.60. The van der Waals surface area contributed by atoms with Gasteiger partial charge in [-0.25, -0.2) is 8.42 Å². The number of carbonyl (C=O) groups excluding carboxylic acids is 1. The largest absolute Gasteiger partial charge is 0.496 e. The lowest BCUT2D eigenvalue weighted by molar-refractivity contribution is -0.116. The van der Waals surface area contributed by atoms with Gasteiger partial charge < -0.3 is 10.1 Å². The summed E-state index contributed by atoms with van der Waals surface area (Å²) in [4.78, 5) is 16.5. The van der Waals surface area contributed by atoms with Crippen LogP contribution >= 0.6 is 0 Å². The van der Waals surface area contributed by atoms with Crippen LogP contribution in [0, 0.1) is 13.8 Å². The third-order valence-electron chi connectivity index (χ3n) is 4.89. The standard InChI is InChI=1S/C21H25N3O4S/c1-15-13-22-19(16(2)21(15)28-3)14-23-20(25)10-7-17-5-8-18(9-6-17)24-11-4-12-29(24,26)27/h5-10,13H,4,11-12,14H2,1-3H3,(H,23,25)/b10-7+. The zero-order valence-electron chi connectivity index (χ0n) is 16.8. The van der Waals surface area contributed by atoms with Gasteiger partial charge in [-0.1, -0.05) is 12.1 Å². The summed E-state index contributed by atoms with van der Waals surface area (Å²) in [5, 5.41) is 2.82. The molecule has 1 aromatic heterocycles. The quantitative estimate of drug-likeness (QED) is 0.733. The molecule has 1 aliphatic heterocycles. The molecule has 0 saturated carbocycles. The van der Waals surface area contributed by atoms with Crippen LogP contribution < -0.4 is 14.4 Å². The molecule has 1 aliphatic rings. The molecular formula is C21H25N3O4S. The average Bonchev–Trinajstić information content (AvgIpc) is 3.05. The monoisotopic (exact) mass is 415 g/mol. The van der Waals surface area contributed by atoms with E-state index >= 15 is 0 Å². The molecule has 2 heterocycles. The van der Waals surface area contributed by atoms with Gasteiger partial charge in [-0.05, 0) is 44.0 Å². The van der Waals surface area contributed by atoms with Crippen molar-refractivity contribution in [3.8, 4) is 5.75 Å². The first kappa shape index (κ1) is 20.9. The van der Waals surface area contributed by atoms with E-state index in [1.807, 2.05) is 13.8 Å². The lowest BCUT2D eigenvalue weighted by Gasteiger charge is -2.16. The van der Waals surface area contributed by atoms with Crippen molar-refractivity contribution >= 4 is 27.7 Å². The molecule has 0 radical (unpaired) electrons. The molecule has 0 bridgehead atoms. The second-order valence-electron chi connectivity index (χ2n) is 6.93. The molecule has 0 atom stereocenters. The predicted molar refractivity (Wildman–Crippen MR) is 113 cm³/mol. The fourth-order valence-electron chi connectivity index (χ4n) is 3.33. The van der Waals surface area contributed by atoms with Crippen molar-refractivity contribution in [3.05, 3.63) is 58.9 Å². The van der Waals surface area contributed by atoms with Crippen LogP contribution in [0.3, 0.4) is 0 Å². The van der Waals surface area contributed by atoms with Gasteiger partial charge in [0.15, 0.2) is 0 Å². The minimum absolute atomic E-state index is 0.190. The van der Waals surface area contributed by atoms with Crippen molar-refractivity contribution in [1.82, 2.24) is 10.3 Å². The van der Waals surface area contributed by atoms with E-state index in [0.29, 0.717) is 25.2 Å². The van der Waals surface area contributed by atoms with Gasteiger partial charge in [-0.3, -0.25) is 14.1 Å². The first-order chi connectivity index (χ1) is 13.8. The Bertz CT molecular complexity index is 1030. The third-order valence-corrected chi connectivity index (χ3v) is 6.76. The van der Waals surface area contributed by atoms with E-state index in [2.05, 4.69) is 10.3 Å². The van der Waals surface area contributed by atoms with E-state index in [1.54, 1.807) is 43.6 Å². The van der Waals surface area contributed by atoms with Crippen molar-refractivity contribution in [2.75, 3.05) is 23.7 Å². The Morgan fingerprint density at radius 1 is 1.28 bits per heavy atom. The predicted octanol–water partition coefficient (Wildman–Crippen LogP) is 2.58. The van der Waals surface area contributed by atoms with Crippen molar-refractivity contribution in [3.63, 3.8) is 0 Å². The Morgan fingerprint density at radius 3 is 2.62 bits per heavy atom. The summed E-state index contributed by atoms with van der Waals surface area (Å²) in [5.41, 5.74) is 4.07. The number of hydrogen-bond donors (Lipinski definition) is 1. The lowest BCUT2D eigenvalue weighted by Crippen LogP contribution is -2.24. The van der Waals surface area contributed by atoms with Gasteiger partial charge in [0.2, 0.25) is 15.9 Å². The molecule has 0 unspecified atom stereocenters. The number of amides is 1. The molecule has 7 nitrogen and oxygen atoms in total. The molecule has 154 valence electrons. The molecule has 1 aromatic carbocycles. The maximum Gasteiger partial charge on any atom is 0.244 e. The van der Waals surface area contributed by atoms with E-state index in [9.17, 15) is 13.2 Å². The highest BCUT2D eigenvalue weighted by Crippen LogP contribution is 2.25. The van der Waals surface area contributed by atoms with Gasteiger partial charge in [-0.15, -0.1) is 0 Å². The molecule has 1 saturated heterocycles. The first-order valence-electron chi connectivity index (χ1n) is 9.37. The van der Waals surface area contributed by atoms with E-state index in [4.69, 9.17) is 4.74 Å². The van der Waals surface area contributed by atoms with Gasteiger partial charge in [0.25, 0.3) is 0 Å². The summed E-state index contributed by atoms with van der Waals surface area (Å²) in [5.74, 6) is 0.729. The number of aromatic nitrogens is 1. The van der Waals surface area contributed by atoms with Crippen LogP contribution in [-0.2, 0) is 21.4 Å². The minimum atomic E-state index is -3.19. The summed E-state index contributed by atoms with van der Waals surface area (Å²) < 4.78 is 30.8. The normalized spacial score (nSPS) is 15.6. The molecule has 1 amide bonds. The number of carbonyl (C=O) groups is 1. The number of nitrogens with zero attached hydrogens (tertiary/aromatic N) is 2. The number of anilines is 1. The van der Waals surface area contributed by atoms with E-state index < -0.39 is 10.0 Å². The fraction of sp³-hybridized carbons (Fsp3) is 0.333. The van der Waals surface area contributed by atoms with Crippen LogP contribution in [0.5, 0.6) is 5.75 Å². The topological polar surface area (TPSA) is 88.6 Å². The van der Waals surface area contributed by atoms with Crippen molar-refractivity contribution in [2.24, 2.45) is 0 Å². The molecule has 3 rings (SSSR count). The molecule has 1 N–H and O–H groups in total.